The third-order valence-corrected chi connectivity index (χ3v) is 4.62. The number of carboxylic acids is 1. The molecule has 0 aliphatic carbocycles. The van der Waals surface area contributed by atoms with E-state index in [2.05, 4.69) is 0 Å². The second-order valence-corrected chi connectivity index (χ2v) is 5.38. The number of hydrogen-bond donors (Lipinski definition) is 1. The Kier molecular flexibility index (Phi) is 4.16. The quantitative estimate of drug-likeness (QED) is 0.896. The maximum absolute atomic E-state index is 13.1. The average Bonchev–Trinajstić information content (AvgIpc) is 2.89. The lowest BCUT2D eigenvalue weighted by Crippen LogP contribution is -2.35. The molecule has 0 bridgehead atoms. The molecule has 0 saturated heterocycles. The van der Waals surface area contributed by atoms with Crippen LogP contribution in [0, 0.1) is 5.41 Å². The van der Waals surface area contributed by atoms with Gasteiger partial charge in [0.05, 0.1) is 5.52 Å². The van der Waals surface area contributed by atoms with Gasteiger partial charge >= 0.3 is 5.97 Å². The van der Waals surface area contributed by atoms with Crippen LogP contribution in [-0.2, 0) is 0 Å². The van der Waals surface area contributed by atoms with E-state index in [0.29, 0.717) is 24.8 Å². The fraction of sp³-hybridized carbons (Fsp3) is 0.412. The van der Waals surface area contributed by atoms with Crippen molar-refractivity contribution in [1.82, 2.24) is 4.57 Å². The van der Waals surface area contributed by atoms with Crippen molar-refractivity contribution >= 4 is 22.8 Å². The second-order valence-electron chi connectivity index (χ2n) is 5.38. The molecule has 4 heteroatoms. The van der Waals surface area contributed by atoms with Crippen LogP contribution in [0.2, 0.25) is 0 Å². The van der Waals surface area contributed by atoms with Gasteiger partial charge in [-0.2, -0.15) is 0 Å². The minimum atomic E-state index is -1.07. The molecular weight excluding hydrogens is 266 g/mol. The highest BCUT2D eigenvalue weighted by Gasteiger charge is 2.36. The van der Waals surface area contributed by atoms with Crippen LogP contribution in [0.15, 0.2) is 30.3 Å². The van der Waals surface area contributed by atoms with Gasteiger partial charge in [-0.3, -0.25) is 9.36 Å². The molecule has 0 atom stereocenters. The lowest BCUT2D eigenvalue weighted by molar-refractivity contribution is 0.0616. The minimum absolute atomic E-state index is 0.0425. The first kappa shape index (κ1) is 15.3. The zero-order chi connectivity index (χ0) is 15.6. The number of carbonyl (C=O) groups is 2. The van der Waals surface area contributed by atoms with E-state index in [1.807, 2.05) is 39.0 Å². The molecule has 1 N–H and O–H groups in total. The number of nitrogens with zero attached hydrogens (tertiary/aromatic N) is 1. The van der Waals surface area contributed by atoms with Gasteiger partial charge < -0.3 is 5.11 Å². The fourth-order valence-electron chi connectivity index (χ4n) is 2.97. The molecule has 0 fully saturated rings. The summed E-state index contributed by atoms with van der Waals surface area (Å²) in [6, 6.07) is 8.86. The van der Waals surface area contributed by atoms with Crippen LogP contribution < -0.4 is 0 Å². The van der Waals surface area contributed by atoms with Gasteiger partial charge in [-0.25, -0.2) is 4.79 Å². The molecule has 0 unspecified atom stereocenters. The fourth-order valence-corrected chi connectivity index (χ4v) is 2.97. The normalized spacial score (nSPS) is 11.8. The Morgan fingerprint density at radius 3 is 2.19 bits per heavy atom. The number of aromatic nitrogens is 1. The number of carbonyl (C=O) groups excluding carboxylic acids is 1. The van der Waals surface area contributed by atoms with Crippen molar-refractivity contribution in [3.05, 3.63) is 36.0 Å². The third kappa shape index (κ3) is 2.35. The van der Waals surface area contributed by atoms with Gasteiger partial charge in [0.15, 0.2) is 0 Å². The van der Waals surface area contributed by atoms with E-state index in [4.69, 9.17) is 0 Å². The molecule has 0 spiro atoms. The number of fused-ring (bicyclic) bond motifs is 1. The second kappa shape index (κ2) is 5.72. The summed E-state index contributed by atoms with van der Waals surface area (Å²) in [5, 5.41) is 10.2. The standard InChI is InChI=1S/C17H21NO3/c1-4-17(5-2,6-3)16(21)18-13-10-8-7-9-12(13)11-14(18)15(19)20/h7-11H,4-6H2,1-3H3,(H,19,20). The van der Waals surface area contributed by atoms with Gasteiger partial charge in [-0.05, 0) is 31.4 Å². The molecule has 0 aliphatic rings. The molecule has 4 nitrogen and oxygen atoms in total. The van der Waals surface area contributed by atoms with E-state index < -0.39 is 11.4 Å². The monoisotopic (exact) mass is 287 g/mol. The highest BCUT2D eigenvalue weighted by atomic mass is 16.4. The Hall–Kier alpha value is -2.10. The van der Waals surface area contributed by atoms with Crippen LogP contribution in [0.4, 0.5) is 0 Å². The van der Waals surface area contributed by atoms with Crippen molar-refractivity contribution in [3.63, 3.8) is 0 Å². The van der Waals surface area contributed by atoms with Crippen molar-refractivity contribution in [2.75, 3.05) is 0 Å². The van der Waals surface area contributed by atoms with E-state index in [-0.39, 0.29) is 11.6 Å². The average molecular weight is 287 g/mol. The zero-order valence-corrected chi connectivity index (χ0v) is 12.7. The summed E-state index contributed by atoms with van der Waals surface area (Å²) in [4.78, 5) is 24.6. The van der Waals surface area contributed by atoms with Gasteiger partial charge in [-0.15, -0.1) is 0 Å². The highest BCUT2D eigenvalue weighted by molar-refractivity contribution is 6.03. The summed E-state index contributed by atoms with van der Waals surface area (Å²) in [7, 11) is 0. The molecule has 2 aromatic rings. The Labute approximate surface area is 124 Å². The number of carboxylic acid groups (broad SMARTS) is 1. The summed E-state index contributed by atoms with van der Waals surface area (Å²) < 4.78 is 1.38. The van der Waals surface area contributed by atoms with Crippen LogP contribution >= 0.6 is 0 Å². The lowest BCUT2D eigenvalue weighted by atomic mass is 9.78. The number of para-hydroxylation sites is 1. The first-order valence-electron chi connectivity index (χ1n) is 7.39. The molecule has 112 valence electrons. The topological polar surface area (TPSA) is 59.3 Å². The molecule has 0 saturated carbocycles. The largest absolute Gasteiger partial charge is 0.477 e. The maximum atomic E-state index is 13.1. The van der Waals surface area contributed by atoms with Crippen LogP contribution in [0.5, 0.6) is 0 Å². The minimum Gasteiger partial charge on any atom is -0.477 e. The molecule has 21 heavy (non-hydrogen) atoms. The summed E-state index contributed by atoms with van der Waals surface area (Å²) in [6.07, 6.45) is 2.10. The van der Waals surface area contributed by atoms with Crippen LogP contribution in [0.1, 0.15) is 55.3 Å². The Balaban J connectivity index is 2.72. The number of rotatable bonds is 5. The summed E-state index contributed by atoms with van der Waals surface area (Å²) in [5.41, 5.74) is 0.201. The summed E-state index contributed by atoms with van der Waals surface area (Å²) in [5.74, 6) is -1.19. The van der Waals surface area contributed by atoms with Gasteiger partial charge in [0.2, 0.25) is 5.91 Å². The van der Waals surface area contributed by atoms with Crippen LogP contribution in [-0.4, -0.2) is 21.6 Å². The molecule has 0 amide bonds. The Bertz CT molecular complexity index is 672. The summed E-state index contributed by atoms with van der Waals surface area (Å²) >= 11 is 0. The van der Waals surface area contributed by atoms with Gasteiger partial charge in [0.1, 0.15) is 5.69 Å². The summed E-state index contributed by atoms with van der Waals surface area (Å²) in [6.45, 7) is 5.95. The lowest BCUT2D eigenvalue weighted by Gasteiger charge is -2.29. The predicted molar refractivity (Wildman–Crippen MR) is 82.8 cm³/mol. The molecular formula is C17H21NO3. The van der Waals surface area contributed by atoms with E-state index in [9.17, 15) is 14.7 Å². The zero-order valence-electron chi connectivity index (χ0n) is 12.7. The van der Waals surface area contributed by atoms with E-state index in [1.54, 1.807) is 12.1 Å². The van der Waals surface area contributed by atoms with Gasteiger partial charge in [0.25, 0.3) is 0 Å². The molecule has 1 heterocycles. The predicted octanol–water partition coefficient (Wildman–Crippen LogP) is 4.20. The van der Waals surface area contributed by atoms with E-state index in [1.165, 1.54) is 4.57 Å². The molecule has 0 radical (unpaired) electrons. The third-order valence-electron chi connectivity index (χ3n) is 4.62. The van der Waals surface area contributed by atoms with Crippen molar-refractivity contribution in [2.45, 2.75) is 40.0 Å². The van der Waals surface area contributed by atoms with Gasteiger partial charge in [-0.1, -0.05) is 39.0 Å². The number of benzene rings is 1. The maximum Gasteiger partial charge on any atom is 0.352 e. The van der Waals surface area contributed by atoms with Crippen molar-refractivity contribution in [1.29, 1.82) is 0 Å². The Morgan fingerprint density at radius 2 is 1.67 bits per heavy atom. The first-order chi connectivity index (χ1) is 10.0. The smallest absolute Gasteiger partial charge is 0.352 e. The highest BCUT2D eigenvalue weighted by Crippen LogP contribution is 2.34. The molecule has 2 rings (SSSR count). The van der Waals surface area contributed by atoms with Crippen molar-refractivity contribution in [3.8, 4) is 0 Å². The number of hydrogen-bond acceptors (Lipinski definition) is 2. The van der Waals surface area contributed by atoms with E-state index in [0.717, 1.165) is 5.39 Å². The Morgan fingerprint density at radius 1 is 1.10 bits per heavy atom. The van der Waals surface area contributed by atoms with Crippen LogP contribution in [0.25, 0.3) is 10.9 Å². The van der Waals surface area contributed by atoms with Crippen molar-refractivity contribution < 1.29 is 14.7 Å². The number of aromatic carboxylic acids is 1. The van der Waals surface area contributed by atoms with Crippen molar-refractivity contribution in [2.24, 2.45) is 5.41 Å². The molecule has 1 aromatic heterocycles. The first-order valence-corrected chi connectivity index (χ1v) is 7.39. The van der Waals surface area contributed by atoms with Gasteiger partial charge in [0, 0.05) is 10.8 Å². The molecule has 1 aromatic carbocycles. The SMILES string of the molecule is CCC(CC)(CC)C(=O)n1c(C(=O)O)cc2ccccc21. The molecule has 0 aliphatic heterocycles. The van der Waals surface area contributed by atoms with E-state index >= 15 is 0 Å². The van der Waals surface area contributed by atoms with Crippen LogP contribution in [0.3, 0.4) is 0 Å².